The Labute approximate surface area is 100 Å². The van der Waals surface area contributed by atoms with Gasteiger partial charge in [-0.3, -0.25) is 0 Å². The molecule has 0 unspecified atom stereocenters. The molecule has 1 nitrogen and oxygen atoms in total. The van der Waals surface area contributed by atoms with Crippen molar-refractivity contribution in [2.75, 3.05) is 12.4 Å². The molecule has 0 amide bonds. The van der Waals surface area contributed by atoms with Gasteiger partial charge in [-0.25, -0.2) is 8.78 Å². The van der Waals surface area contributed by atoms with E-state index in [-0.39, 0.29) is 5.75 Å². The molecule has 0 radical (unpaired) electrons. The number of rotatable bonds is 7. The third-order valence-corrected chi connectivity index (χ3v) is 2.47. The highest BCUT2D eigenvalue weighted by Crippen LogP contribution is 2.15. The molecule has 0 atom stereocenters. The number of benzene rings is 1. The summed E-state index contributed by atoms with van der Waals surface area (Å²) in [4.78, 5) is 0. The second-order valence-electron chi connectivity index (χ2n) is 3.59. The van der Waals surface area contributed by atoms with Crippen LogP contribution in [0.15, 0.2) is 18.2 Å². The van der Waals surface area contributed by atoms with Gasteiger partial charge in [-0.1, -0.05) is 12.8 Å². The van der Waals surface area contributed by atoms with Crippen molar-refractivity contribution in [1.29, 1.82) is 0 Å². The largest absolute Gasteiger partial charge is 0.493 e. The molecule has 90 valence electrons. The summed E-state index contributed by atoms with van der Waals surface area (Å²) in [6.07, 6.45) is 4.16. The van der Waals surface area contributed by atoms with Crippen LogP contribution in [0, 0.1) is 11.6 Å². The predicted molar refractivity (Wildman–Crippen MR) is 64.2 cm³/mol. The first-order valence-electron chi connectivity index (χ1n) is 5.42. The van der Waals surface area contributed by atoms with Gasteiger partial charge in [0, 0.05) is 18.2 Å². The van der Waals surface area contributed by atoms with Gasteiger partial charge >= 0.3 is 0 Å². The molecule has 0 aliphatic heterocycles. The zero-order valence-electron chi connectivity index (χ0n) is 9.09. The van der Waals surface area contributed by atoms with Crippen LogP contribution in [0.1, 0.15) is 25.7 Å². The summed E-state index contributed by atoms with van der Waals surface area (Å²) < 4.78 is 30.8. The van der Waals surface area contributed by atoms with Crippen LogP contribution in [0.5, 0.6) is 5.75 Å². The average Bonchev–Trinajstić information content (AvgIpc) is 2.22. The van der Waals surface area contributed by atoms with Crippen LogP contribution in [0.25, 0.3) is 0 Å². The third-order valence-electron chi connectivity index (χ3n) is 2.16. The van der Waals surface area contributed by atoms with E-state index in [0.29, 0.717) is 6.61 Å². The molecule has 0 aliphatic rings. The first-order chi connectivity index (χ1) is 7.72. The Morgan fingerprint density at radius 1 is 0.938 bits per heavy atom. The van der Waals surface area contributed by atoms with Gasteiger partial charge in [0.1, 0.15) is 17.4 Å². The average molecular weight is 246 g/mol. The van der Waals surface area contributed by atoms with Gasteiger partial charge in [-0.15, -0.1) is 0 Å². The molecule has 0 spiro atoms. The highest BCUT2D eigenvalue weighted by atomic mass is 32.1. The summed E-state index contributed by atoms with van der Waals surface area (Å²) in [5.41, 5.74) is 0. The molecular weight excluding hydrogens is 230 g/mol. The van der Waals surface area contributed by atoms with Crippen LogP contribution in [-0.2, 0) is 0 Å². The van der Waals surface area contributed by atoms with Crippen LogP contribution >= 0.6 is 12.6 Å². The smallest absolute Gasteiger partial charge is 0.129 e. The second kappa shape index (κ2) is 7.49. The van der Waals surface area contributed by atoms with Crippen LogP contribution in [0.2, 0.25) is 0 Å². The molecule has 0 fully saturated rings. The zero-order chi connectivity index (χ0) is 11.8. The number of hydrogen-bond acceptors (Lipinski definition) is 2. The standard InChI is InChI=1S/C12H16F2OS/c13-10-7-11(14)9-12(8-10)15-5-3-1-2-4-6-16/h7-9,16H,1-6H2. The first-order valence-corrected chi connectivity index (χ1v) is 6.05. The zero-order valence-corrected chi connectivity index (χ0v) is 9.98. The SMILES string of the molecule is Fc1cc(F)cc(OCCCCCCS)c1. The third kappa shape index (κ3) is 5.35. The molecule has 1 rings (SSSR count). The van der Waals surface area contributed by atoms with Crippen molar-refractivity contribution in [2.24, 2.45) is 0 Å². The van der Waals surface area contributed by atoms with Crippen molar-refractivity contribution in [2.45, 2.75) is 25.7 Å². The van der Waals surface area contributed by atoms with Crippen LogP contribution in [0.4, 0.5) is 8.78 Å². The maximum atomic E-state index is 12.8. The molecule has 0 saturated carbocycles. The van der Waals surface area contributed by atoms with Crippen molar-refractivity contribution in [3.05, 3.63) is 29.8 Å². The summed E-state index contributed by atoms with van der Waals surface area (Å²) >= 11 is 4.11. The lowest BCUT2D eigenvalue weighted by atomic mass is 10.2. The van der Waals surface area contributed by atoms with Crippen molar-refractivity contribution < 1.29 is 13.5 Å². The van der Waals surface area contributed by atoms with E-state index >= 15 is 0 Å². The molecule has 0 N–H and O–H groups in total. The van der Waals surface area contributed by atoms with Crippen molar-refractivity contribution >= 4 is 12.6 Å². The fourth-order valence-electron chi connectivity index (χ4n) is 1.37. The van der Waals surface area contributed by atoms with Gasteiger partial charge in [0.05, 0.1) is 6.61 Å². The lowest BCUT2D eigenvalue weighted by Gasteiger charge is -2.06. The van der Waals surface area contributed by atoms with E-state index in [0.717, 1.165) is 37.5 Å². The molecule has 0 bridgehead atoms. The fraction of sp³-hybridized carbons (Fsp3) is 0.500. The van der Waals surface area contributed by atoms with Gasteiger partial charge in [0.15, 0.2) is 0 Å². The highest BCUT2D eigenvalue weighted by molar-refractivity contribution is 7.80. The van der Waals surface area contributed by atoms with Gasteiger partial charge in [0.2, 0.25) is 0 Å². The number of thiol groups is 1. The molecular formula is C12H16F2OS. The van der Waals surface area contributed by atoms with Crippen molar-refractivity contribution in [3.8, 4) is 5.75 Å². The Kier molecular flexibility index (Phi) is 6.23. The van der Waals surface area contributed by atoms with E-state index in [9.17, 15) is 8.78 Å². The number of hydrogen-bond donors (Lipinski definition) is 1. The molecule has 1 aromatic rings. The monoisotopic (exact) mass is 246 g/mol. The van der Waals surface area contributed by atoms with Crippen LogP contribution in [-0.4, -0.2) is 12.4 Å². The Morgan fingerprint density at radius 2 is 1.56 bits per heavy atom. The second-order valence-corrected chi connectivity index (χ2v) is 4.04. The summed E-state index contributed by atoms with van der Waals surface area (Å²) in [7, 11) is 0. The lowest BCUT2D eigenvalue weighted by Crippen LogP contribution is -1.98. The van der Waals surface area contributed by atoms with Crippen LogP contribution in [0.3, 0.4) is 0 Å². The topological polar surface area (TPSA) is 9.23 Å². The number of halogens is 2. The summed E-state index contributed by atoms with van der Waals surface area (Å²) in [6.45, 7) is 0.496. The summed E-state index contributed by atoms with van der Waals surface area (Å²) in [5.74, 6) is -0.0579. The number of ether oxygens (including phenoxy) is 1. The van der Waals surface area contributed by atoms with Crippen molar-refractivity contribution in [3.63, 3.8) is 0 Å². The minimum atomic E-state index is -0.606. The van der Waals surface area contributed by atoms with Gasteiger partial charge in [-0.2, -0.15) is 12.6 Å². The van der Waals surface area contributed by atoms with E-state index in [2.05, 4.69) is 12.6 Å². The first kappa shape index (κ1) is 13.3. The molecule has 1 aromatic carbocycles. The Balaban J connectivity index is 2.21. The lowest BCUT2D eigenvalue weighted by molar-refractivity contribution is 0.302. The van der Waals surface area contributed by atoms with E-state index in [4.69, 9.17) is 4.74 Å². The quantitative estimate of drug-likeness (QED) is 0.568. The van der Waals surface area contributed by atoms with Crippen LogP contribution < -0.4 is 4.74 Å². The van der Waals surface area contributed by atoms with Gasteiger partial charge in [-0.05, 0) is 18.6 Å². The molecule has 0 saturated heterocycles. The minimum Gasteiger partial charge on any atom is -0.493 e. The molecule has 0 heterocycles. The van der Waals surface area contributed by atoms with Crippen molar-refractivity contribution in [1.82, 2.24) is 0 Å². The summed E-state index contributed by atoms with van der Waals surface area (Å²) in [5, 5.41) is 0. The molecule has 0 aliphatic carbocycles. The predicted octanol–water partition coefficient (Wildman–Crippen LogP) is 3.83. The molecule has 4 heteroatoms. The minimum absolute atomic E-state index is 0.256. The van der Waals surface area contributed by atoms with E-state index in [1.54, 1.807) is 0 Å². The van der Waals surface area contributed by atoms with Gasteiger partial charge in [0.25, 0.3) is 0 Å². The van der Waals surface area contributed by atoms with Gasteiger partial charge < -0.3 is 4.74 Å². The van der Waals surface area contributed by atoms with E-state index in [1.165, 1.54) is 12.1 Å². The number of unbranched alkanes of at least 4 members (excludes halogenated alkanes) is 3. The molecule has 16 heavy (non-hydrogen) atoms. The fourth-order valence-corrected chi connectivity index (χ4v) is 1.59. The van der Waals surface area contributed by atoms with E-state index in [1.807, 2.05) is 0 Å². The molecule has 0 aromatic heterocycles. The highest BCUT2D eigenvalue weighted by Gasteiger charge is 2.00. The Hall–Kier alpha value is -0.770. The maximum absolute atomic E-state index is 12.8. The maximum Gasteiger partial charge on any atom is 0.129 e. The Bertz CT molecular complexity index is 298. The van der Waals surface area contributed by atoms with E-state index < -0.39 is 11.6 Å². The Morgan fingerprint density at radius 3 is 2.19 bits per heavy atom. The normalized spacial score (nSPS) is 10.4. The summed E-state index contributed by atoms with van der Waals surface area (Å²) in [6, 6.07) is 3.22.